The number of rotatable bonds is 43. The number of hydrogen-bond donors (Lipinski definition) is 2. The molecule has 0 spiro atoms. The molecule has 0 amide bonds. The lowest BCUT2D eigenvalue weighted by Gasteiger charge is -2.28. The van der Waals surface area contributed by atoms with Crippen molar-refractivity contribution in [3.8, 4) is 0 Å². The van der Waals surface area contributed by atoms with Crippen molar-refractivity contribution >= 4 is 19.8 Å². The molecular formula is C46H95N2O9P. The van der Waals surface area contributed by atoms with Gasteiger partial charge in [-0.15, -0.1) is 0 Å². The summed E-state index contributed by atoms with van der Waals surface area (Å²) in [5.74, 6) is -0.818. The number of unbranched alkanes of at least 4 members (excludes halogenated alkanes) is 28. The standard InChI is InChI=1S/C44H88NO8P.C2H7NO/c1-6-8-10-12-14-16-18-20-22-24-26-28-30-32-34-36-43(46)50-40-42(41-52-54(48,49)51-39-38-45(3,4)5)53-44(47)37-35-33-31-29-27-25-23-21-19-17-15-13-11-9-7-2;3-1-2-4/h42H,6-41H2,1-5H3;4H,1-3H2. The number of likely N-dealkylation sites (N-methyl/N-ethyl adjacent to an activating group) is 1. The van der Waals surface area contributed by atoms with Crippen LogP contribution in [0.25, 0.3) is 0 Å². The fourth-order valence-corrected chi connectivity index (χ4v) is 7.27. The van der Waals surface area contributed by atoms with Gasteiger partial charge in [0, 0.05) is 19.4 Å². The van der Waals surface area contributed by atoms with Crippen molar-refractivity contribution in [3.05, 3.63) is 0 Å². The third-order valence-electron chi connectivity index (χ3n) is 10.3. The van der Waals surface area contributed by atoms with Gasteiger partial charge in [-0.3, -0.25) is 14.2 Å². The van der Waals surface area contributed by atoms with Gasteiger partial charge in [0.1, 0.15) is 19.8 Å². The SMILES string of the molecule is CCCCCCCCCCCCCCCCCC(=O)OCC(COP(=O)([O-])OCC[N+](C)(C)C)OC(=O)CCCCCCCCCCCCCCCCC.NCCO. The fraction of sp³-hybridized carbons (Fsp3) is 0.957. The Morgan fingerprint density at radius 1 is 0.569 bits per heavy atom. The molecule has 0 radical (unpaired) electrons. The highest BCUT2D eigenvalue weighted by molar-refractivity contribution is 7.45. The molecule has 0 rings (SSSR count). The first-order valence-electron chi connectivity index (χ1n) is 24.0. The summed E-state index contributed by atoms with van der Waals surface area (Å²) in [4.78, 5) is 37.5. The molecule has 0 aromatic heterocycles. The normalized spacial score (nSPS) is 13.1. The van der Waals surface area contributed by atoms with Gasteiger partial charge in [-0.05, 0) is 12.8 Å². The van der Waals surface area contributed by atoms with Gasteiger partial charge in [-0.2, -0.15) is 0 Å². The van der Waals surface area contributed by atoms with E-state index in [2.05, 4.69) is 13.8 Å². The summed E-state index contributed by atoms with van der Waals surface area (Å²) >= 11 is 0. The molecule has 0 aliphatic rings. The summed E-state index contributed by atoms with van der Waals surface area (Å²) < 4.78 is 33.9. The maximum atomic E-state index is 12.7. The van der Waals surface area contributed by atoms with E-state index in [-0.39, 0.29) is 38.6 Å². The second kappa shape index (κ2) is 44.0. The van der Waals surface area contributed by atoms with Crippen LogP contribution in [-0.4, -0.2) is 88.3 Å². The summed E-state index contributed by atoms with van der Waals surface area (Å²) in [5.41, 5.74) is 4.78. The van der Waals surface area contributed by atoms with E-state index >= 15 is 0 Å². The number of phosphoric acid groups is 1. The smallest absolute Gasteiger partial charge is 0.306 e. The summed E-state index contributed by atoms with van der Waals surface area (Å²) in [7, 11) is 1.18. The van der Waals surface area contributed by atoms with Gasteiger partial charge >= 0.3 is 11.9 Å². The van der Waals surface area contributed by atoms with E-state index in [1.807, 2.05) is 21.1 Å². The van der Waals surface area contributed by atoms with E-state index in [1.54, 1.807) is 0 Å². The van der Waals surface area contributed by atoms with Crippen LogP contribution in [0.15, 0.2) is 0 Å². The largest absolute Gasteiger partial charge is 0.756 e. The number of phosphoric ester groups is 1. The molecular weight excluding hydrogens is 755 g/mol. The van der Waals surface area contributed by atoms with E-state index in [9.17, 15) is 19.0 Å². The van der Waals surface area contributed by atoms with E-state index < -0.39 is 26.5 Å². The number of nitrogens with two attached hydrogens (primary N) is 1. The molecule has 0 saturated heterocycles. The second-order valence-electron chi connectivity index (χ2n) is 17.3. The van der Waals surface area contributed by atoms with Crippen LogP contribution in [0.3, 0.4) is 0 Å². The first kappa shape index (κ1) is 59.0. The zero-order valence-corrected chi connectivity index (χ0v) is 39.5. The molecule has 0 aromatic carbocycles. The number of hydrogen-bond acceptors (Lipinski definition) is 10. The summed E-state index contributed by atoms with van der Waals surface area (Å²) in [5, 5.41) is 7.75. The van der Waals surface area contributed by atoms with Gasteiger partial charge in [0.15, 0.2) is 6.10 Å². The van der Waals surface area contributed by atoms with Crippen LogP contribution in [0.2, 0.25) is 0 Å². The maximum Gasteiger partial charge on any atom is 0.306 e. The first-order chi connectivity index (χ1) is 27.9. The first-order valence-corrected chi connectivity index (χ1v) is 25.4. The van der Waals surface area contributed by atoms with Crippen LogP contribution in [-0.2, 0) is 32.7 Å². The van der Waals surface area contributed by atoms with Crippen molar-refractivity contribution in [2.45, 2.75) is 225 Å². The summed E-state index contributed by atoms with van der Waals surface area (Å²) in [6.45, 7) is 4.74. The number of quaternary nitrogens is 1. The van der Waals surface area contributed by atoms with E-state index in [0.29, 0.717) is 24.0 Å². The zero-order valence-electron chi connectivity index (χ0n) is 38.6. The second-order valence-corrected chi connectivity index (χ2v) is 18.7. The maximum absolute atomic E-state index is 12.7. The van der Waals surface area contributed by atoms with E-state index in [0.717, 1.165) is 32.1 Å². The third kappa shape index (κ3) is 49.3. The van der Waals surface area contributed by atoms with Gasteiger partial charge in [-0.1, -0.05) is 194 Å². The van der Waals surface area contributed by atoms with Crippen molar-refractivity contribution in [1.82, 2.24) is 0 Å². The van der Waals surface area contributed by atoms with Crippen molar-refractivity contribution in [1.29, 1.82) is 0 Å². The number of carbonyl (C=O) groups excluding carboxylic acids is 2. The van der Waals surface area contributed by atoms with Gasteiger partial charge in [-0.25, -0.2) is 0 Å². The summed E-state index contributed by atoms with van der Waals surface area (Å²) in [6.07, 6.45) is 36.9. The quantitative estimate of drug-likeness (QED) is 0.0262. The monoisotopic (exact) mass is 851 g/mol. The molecule has 11 nitrogen and oxygen atoms in total. The minimum Gasteiger partial charge on any atom is -0.756 e. The predicted octanol–water partition coefficient (Wildman–Crippen LogP) is 11.1. The number of nitrogens with zero attached hydrogens (tertiary/aromatic N) is 1. The Labute approximate surface area is 357 Å². The molecule has 3 N–H and O–H groups in total. The van der Waals surface area contributed by atoms with E-state index in [4.69, 9.17) is 29.4 Å². The average Bonchev–Trinajstić information content (AvgIpc) is 3.18. The average molecular weight is 851 g/mol. The lowest BCUT2D eigenvalue weighted by molar-refractivity contribution is -0.870. The van der Waals surface area contributed by atoms with E-state index in [1.165, 1.54) is 154 Å². The van der Waals surface area contributed by atoms with Gasteiger partial charge < -0.3 is 38.7 Å². The molecule has 348 valence electrons. The molecule has 2 unspecified atom stereocenters. The molecule has 0 bridgehead atoms. The van der Waals surface area contributed by atoms with Gasteiger partial charge in [0.25, 0.3) is 7.82 Å². The predicted molar refractivity (Wildman–Crippen MR) is 238 cm³/mol. The van der Waals surface area contributed by atoms with Crippen LogP contribution < -0.4 is 10.6 Å². The third-order valence-corrected chi connectivity index (χ3v) is 11.2. The Kier molecular flexibility index (Phi) is 44.8. The fourth-order valence-electron chi connectivity index (χ4n) is 6.54. The number of aliphatic hydroxyl groups excluding tert-OH is 1. The number of aliphatic hydroxyl groups is 1. The molecule has 58 heavy (non-hydrogen) atoms. The van der Waals surface area contributed by atoms with Crippen molar-refractivity contribution in [2.75, 3.05) is 60.7 Å². The van der Waals surface area contributed by atoms with Crippen molar-refractivity contribution < 1.29 is 47.2 Å². The van der Waals surface area contributed by atoms with Crippen molar-refractivity contribution in [3.63, 3.8) is 0 Å². The minimum absolute atomic E-state index is 0.0256. The molecule has 0 heterocycles. The molecule has 12 heteroatoms. The molecule has 0 aliphatic carbocycles. The van der Waals surface area contributed by atoms with Crippen LogP contribution in [0.5, 0.6) is 0 Å². The Morgan fingerprint density at radius 2 is 0.897 bits per heavy atom. The van der Waals surface area contributed by atoms with Crippen LogP contribution in [0, 0.1) is 0 Å². The molecule has 0 aromatic rings. The minimum atomic E-state index is -4.62. The molecule has 0 fully saturated rings. The highest BCUT2D eigenvalue weighted by Crippen LogP contribution is 2.38. The number of carbonyl (C=O) groups is 2. The summed E-state index contributed by atoms with van der Waals surface area (Å²) in [6, 6.07) is 0. The lowest BCUT2D eigenvalue weighted by atomic mass is 10.0. The molecule has 0 aliphatic heterocycles. The highest BCUT2D eigenvalue weighted by atomic mass is 31.2. The topological polar surface area (TPSA) is 157 Å². The Morgan fingerprint density at radius 3 is 1.22 bits per heavy atom. The molecule has 2 atom stereocenters. The number of ether oxygens (including phenoxy) is 2. The lowest BCUT2D eigenvalue weighted by Crippen LogP contribution is -2.37. The Hall–Kier alpha value is -1.07. The van der Waals surface area contributed by atoms with Gasteiger partial charge in [0.05, 0.1) is 34.4 Å². The van der Waals surface area contributed by atoms with Crippen LogP contribution in [0.1, 0.15) is 219 Å². The molecule has 0 saturated carbocycles. The van der Waals surface area contributed by atoms with Crippen LogP contribution >= 0.6 is 7.82 Å². The van der Waals surface area contributed by atoms with Crippen LogP contribution in [0.4, 0.5) is 0 Å². The zero-order chi connectivity index (χ0) is 43.4. The van der Waals surface area contributed by atoms with Gasteiger partial charge in [0.2, 0.25) is 0 Å². The Bertz CT molecular complexity index is 933. The van der Waals surface area contributed by atoms with Crippen molar-refractivity contribution in [2.24, 2.45) is 5.73 Å². The number of esters is 2. The highest BCUT2D eigenvalue weighted by Gasteiger charge is 2.21. The Balaban J connectivity index is 0.